The summed E-state index contributed by atoms with van der Waals surface area (Å²) in [5.74, 6) is -0.0565. The molecule has 1 aromatic carbocycles. The molecule has 1 aromatic rings. The quantitative estimate of drug-likeness (QED) is 0.733. The molecule has 1 saturated heterocycles. The fraction of sp³-hybridized carbons (Fsp3) is 0.500. The summed E-state index contributed by atoms with van der Waals surface area (Å²) >= 11 is 0. The number of nitrogens with zero attached hydrogens (tertiary/aromatic N) is 2. The van der Waals surface area contributed by atoms with Gasteiger partial charge in [0.1, 0.15) is 0 Å². The number of hydrogen-bond donors (Lipinski definition) is 1. The van der Waals surface area contributed by atoms with Crippen molar-refractivity contribution in [2.75, 3.05) is 18.5 Å². The van der Waals surface area contributed by atoms with E-state index in [0.717, 1.165) is 12.8 Å². The predicted molar refractivity (Wildman–Crippen MR) is 107 cm³/mol. The molecular weight excluding hydrogens is 378 g/mol. The van der Waals surface area contributed by atoms with Crippen molar-refractivity contribution < 1.29 is 18.0 Å². The Labute approximate surface area is 166 Å². The molecule has 3 rings (SSSR count). The number of rotatable bonds is 6. The highest BCUT2D eigenvalue weighted by Crippen LogP contribution is 2.33. The van der Waals surface area contributed by atoms with Gasteiger partial charge in [-0.15, -0.1) is 0 Å². The first kappa shape index (κ1) is 20.5. The fourth-order valence-electron chi connectivity index (χ4n) is 3.61. The summed E-state index contributed by atoms with van der Waals surface area (Å²) in [6, 6.07) is 6.17. The lowest BCUT2D eigenvalue weighted by molar-refractivity contribution is -0.119. The number of carbonyl (C=O) groups excluding carboxylic acids is 2. The van der Waals surface area contributed by atoms with Gasteiger partial charge in [0.15, 0.2) is 0 Å². The van der Waals surface area contributed by atoms with Crippen molar-refractivity contribution in [1.82, 2.24) is 9.62 Å². The van der Waals surface area contributed by atoms with Crippen molar-refractivity contribution in [3.8, 4) is 0 Å². The summed E-state index contributed by atoms with van der Waals surface area (Å²) in [5, 5.41) is 2.84. The van der Waals surface area contributed by atoms with E-state index in [2.05, 4.69) is 11.9 Å². The summed E-state index contributed by atoms with van der Waals surface area (Å²) in [4.78, 5) is 25.4. The highest BCUT2D eigenvalue weighted by molar-refractivity contribution is 7.89. The van der Waals surface area contributed by atoms with Gasteiger partial charge in [0.05, 0.1) is 4.90 Å². The summed E-state index contributed by atoms with van der Waals surface area (Å²) < 4.78 is 27.6. The first-order valence-corrected chi connectivity index (χ1v) is 11.0. The maximum atomic E-state index is 13.1. The Morgan fingerprint density at radius 2 is 1.86 bits per heavy atom. The summed E-state index contributed by atoms with van der Waals surface area (Å²) in [6.45, 7) is 5.63. The van der Waals surface area contributed by atoms with Gasteiger partial charge in [0.25, 0.3) is 0 Å². The van der Waals surface area contributed by atoms with E-state index in [1.165, 1.54) is 10.4 Å². The van der Waals surface area contributed by atoms with Crippen molar-refractivity contribution in [3.63, 3.8) is 0 Å². The minimum absolute atomic E-state index is 0.0589. The van der Waals surface area contributed by atoms with Gasteiger partial charge in [-0.1, -0.05) is 6.58 Å². The van der Waals surface area contributed by atoms with Crippen LogP contribution >= 0.6 is 0 Å². The molecule has 0 spiro atoms. The standard InChI is InChI=1S/C20H27N3O4S/c1-4-19(24)21-16-11-12-23(14(2)13-16)28(26,27)18-9-7-17(8-10-18)22(3)20(25)15-5-6-15/h4,7-10,14-16H,1,5-6,11-13H2,2-3H3,(H,21,24). The van der Waals surface area contributed by atoms with Crippen molar-refractivity contribution in [1.29, 1.82) is 0 Å². The normalized spacial score (nSPS) is 23.1. The second kappa shape index (κ2) is 8.05. The smallest absolute Gasteiger partial charge is 0.243 e. The van der Waals surface area contributed by atoms with Gasteiger partial charge in [-0.25, -0.2) is 8.42 Å². The average Bonchev–Trinajstić information content (AvgIpc) is 3.52. The van der Waals surface area contributed by atoms with Crippen LogP contribution in [-0.2, 0) is 19.6 Å². The first-order chi connectivity index (χ1) is 13.2. The molecule has 0 aromatic heterocycles. The minimum atomic E-state index is -3.64. The Hall–Kier alpha value is -2.19. The molecule has 7 nitrogen and oxygen atoms in total. The Morgan fingerprint density at radius 3 is 2.39 bits per heavy atom. The van der Waals surface area contributed by atoms with E-state index in [1.54, 1.807) is 36.2 Å². The average molecular weight is 406 g/mol. The van der Waals surface area contributed by atoms with Gasteiger partial charge in [-0.05, 0) is 62.9 Å². The van der Waals surface area contributed by atoms with Crippen LogP contribution < -0.4 is 10.2 Å². The maximum Gasteiger partial charge on any atom is 0.243 e. The lowest BCUT2D eigenvalue weighted by Gasteiger charge is -2.36. The number of sulfonamides is 1. The van der Waals surface area contributed by atoms with Gasteiger partial charge in [0.2, 0.25) is 21.8 Å². The van der Waals surface area contributed by atoms with Gasteiger partial charge in [-0.2, -0.15) is 4.31 Å². The zero-order valence-corrected chi connectivity index (χ0v) is 17.1. The molecule has 0 radical (unpaired) electrons. The molecule has 152 valence electrons. The van der Waals surface area contributed by atoms with Crippen LogP contribution in [-0.4, -0.2) is 50.2 Å². The van der Waals surface area contributed by atoms with Crippen LogP contribution in [0.1, 0.15) is 32.6 Å². The number of carbonyl (C=O) groups is 2. The highest BCUT2D eigenvalue weighted by atomic mass is 32.2. The second-order valence-electron chi connectivity index (χ2n) is 7.56. The van der Waals surface area contributed by atoms with Crippen LogP contribution in [0.5, 0.6) is 0 Å². The molecule has 1 heterocycles. The molecule has 8 heteroatoms. The lowest BCUT2D eigenvalue weighted by Crippen LogP contribution is -2.50. The maximum absolute atomic E-state index is 13.1. The van der Waals surface area contributed by atoms with Crippen LogP contribution in [0.25, 0.3) is 0 Å². The molecule has 1 aliphatic carbocycles. The third-order valence-electron chi connectivity index (χ3n) is 5.43. The summed E-state index contributed by atoms with van der Waals surface area (Å²) in [6.07, 6.45) is 4.18. The Bertz CT molecular complexity index is 862. The van der Waals surface area contributed by atoms with Crippen LogP contribution in [0.15, 0.2) is 41.8 Å². The SMILES string of the molecule is C=CC(=O)NC1CCN(S(=O)(=O)c2ccc(N(C)C(=O)C3CC3)cc2)C(C)C1. The summed E-state index contributed by atoms with van der Waals surface area (Å²) in [5.41, 5.74) is 0.690. The van der Waals surface area contributed by atoms with Crippen LogP contribution in [0.4, 0.5) is 5.69 Å². The van der Waals surface area contributed by atoms with Crippen molar-refractivity contribution in [3.05, 3.63) is 36.9 Å². The van der Waals surface area contributed by atoms with E-state index in [1.807, 2.05) is 6.92 Å². The number of nitrogens with one attached hydrogen (secondary N) is 1. The van der Waals surface area contributed by atoms with Gasteiger partial charge in [0, 0.05) is 37.3 Å². The number of benzene rings is 1. The Morgan fingerprint density at radius 1 is 1.21 bits per heavy atom. The molecular formula is C20H27N3O4S. The largest absolute Gasteiger partial charge is 0.350 e. The van der Waals surface area contributed by atoms with E-state index in [0.29, 0.717) is 25.1 Å². The van der Waals surface area contributed by atoms with Gasteiger partial charge in [-0.3, -0.25) is 9.59 Å². The van der Waals surface area contributed by atoms with E-state index in [-0.39, 0.29) is 34.7 Å². The molecule has 2 atom stereocenters. The lowest BCUT2D eigenvalue weighted by atomic mass is 10.0. The Balaban J connectivity index is 1.69. The van der Waals surface area contributed by atoms with Crippen molar-refractivity contribution in [2.24, 2.45) is 5.92 Å². The number of anilines is 1. The Kier molecular flexibility index (Phi) is 5.90. The molecule has 2 aliphatic rings. The zero-order valence-electron chi connectivity index (χ0n) is 16.3. The molecule has 1 saturated carbocycles. The van der Waals surface area contributed by atoms with E-state index in [4.69, 9.17) is 0 Å². The monoisotopic (exact) mass is 405 g/mol. The van der Waals surface area contributed by atoms with E-state index >= 15 is 0 Å². The van der Waals surface area contributed by atoms with Crippen LogP contribution in [0, 0.1) is 5.92 Å². The summed E-state index contributed by atoms with van der Waals surface area (Å²) in [7, 11) is -1.92. The highest BCUT2D eigenvalue weighted by Gasteiger charge is 2.35. The molecule has 1 N–H and O–H groups in total. The zero-order chi connectivity index (χ0) is 20.5. The number of hydrogen-bond acceptors (Lipinski definition) is 4. The molecule has 28 heavy (non-hydrogen) atoms. The predicted octanol–water partition coefficient (Wildman–Crippen LogP) is 1.90. The number of amides is 2. The molecule has 1 aliphatic heterocycles. The topological polar surface area (TPSA) is 86.8 Å². The number of piperidine rings is 1. The fourth-order valence-corrected chi connectivity index (χ4v) is 5.26. The van der Waals surface area contributed by atoms with E-state index in [9.17, 15) is 18.0 Å². The van der Waals surface area contributed by atoms with Crippen LogP contribution in [0.2, 0.25) is 0 Å². The van der Waals surface area contributed by atoms with Gasteiger partial charge < -0.3 is 10.2 Å². The second-order valence-corrected chi connectivity index (χ2v) is 9.45. The molecule has 0 bridgehead atoms. The first-order valence-electron chi connectivity index (χ1n) is 9.56. The van der Waals surface area contributed by atoms with E-state index < -0.39 is 10.0 Å². The molecule has 2 unspecified atom stereocenters. The van der Waals surface area contributed by atoms with Crippen molar-refractivity contribution in [2.45, 2.75) is 49.6 Å². The van der Waals surface area contributed by atoms with Crippen molar-refractivity contribution >= 4 is 27.5 Å². The van der Waals surface area contributed by atoms with Crippen LogP contribution in [0.3, 0.4) is 0 Å². The third kappa shape index (κ3) is 4.28. The molecule has 2 amide bonds. The molecule has 2 fully saturated rings. The minimum Gasteiger partial charge on any atom is -0.350 e. The third-order valence-corrected chi connectivity index (χ3v) is 7.46. The van der Waals surface area contributed by atoms with Gasteiger partial charge >= 0.3 is 0 Å².